The van der Waals surface area contributed by atoms with Gasteiger partial charge in [0, 0.05) is 24.8 Å². The minimum absolute atomic E-state index is 0. The van der Waals surface area contributed by atoms with Crippen LogP contribution in [-0.2, 0) is 19.7 Å². The van der Waals surface area contributed by atoms with Gasteiger partial charge in [-0.25, -0.2) is 16.8 Å². The molecule has 0 aliphatic carbocycles. The zero-order valence-electron chi connectivity index (χ0n) is 9.77. The third-order valence-corrected chi connectivity index (χ3v) is 6.09. The van der Waals surface area contributed by atoms with Crippen molar-refractivity contribution < 1.29 is 16.8 Å². The molecule has 0 aliphatic heterocycles. The summed E-state index contributed by atoms with van der Waals surface area (Å²) in [6, 6.07) is 0. The quantitative estimate of drug-likeness (QED) is 0.447. The van der Waals surface area contributed by atoms with Crippen LogP contribution in [0.25, 0.3) is 0 Å². The Hall–Kier alpha value is 0.730. The molecule has 0 rings (SSSR count). The summed E-state index contributed by atoms with van der Waals surface area (Å²) in [7, 11) is -6.25. The Balaban J connectivity index is 0. The monoisotopic (exact) mass is 361 g/mol. The maximum Gasteiger partial charge on any atom is 0.152 e. The zero-order valence-corrected chi connectivity index (χ0v) is 13.7. The Morgan fingerprint density at radius 2 is 1.06 bits per heavy atom. The molecule has 0 aromatic heterocycles. The Bertz CT molecular complexity index is 359. The Labute approximate surface area is 125 Å². The van der Waals surface area contributed by atoms with Gasteiger partial charge in [0.2, 0.25) is 0 Å². The van der Waals surface area contributed by atoms with Crippen molar-refractivity contribution in [1.29, 1.82) is 0 Å². The summed E-state index contributed by atoms with van der Waals surface area (Å²) in [5.41, 5.74) is 0. The highest BCUT2D eigenvalue weighted by molar-refractivity contribution is 7.91. The van der Waals surface area contributed by atoms with Crippen molar-refractivity contribution in [2.24, 2.45) is 0 Å². The number of nitrogens with one attached hydrogen (secondary N) is 1. The highest BCUT2D eigenvalue weighted by atomic mass is 35.5. The van der Waals surface area contributed by atoms with Crippen LogP contribution < -0.4 is 5.32 Å². The summed E-state index contributed by atoms with van der Waals surface area (Å²) in [5.74, 6) is -0.0228. The molecular weight excluding hydrogens is 345 g/mol. The van der Waals surface area contributed by atoms with E-state index in [0.29, 0.717) is 0 Å². The lowest BCUT2D eigenvalue weighted by molar-refractivity contribution is 0.589. The van der Waals surface area contributed by atoms with Crippen molar-refractivity contribution in [3.05, 3.63) is 0 Å². The molecule has 112 valence electrons. The minimum Gasteiger partial charge on any atom is -0.315 e. The molecule has 10 heteroatoms. The molecule has 1 N–H and O–H groups in total. The number of rotatable bonds is 10. The van der Waals surface area contributed by atoms with E-state index in [1.807, 2.05) is 0 Å². The number of sulfone groups is 2. The molecule has 0 spiro atoms. The molecule has 0 heterocycles. The number of hydrogen-bond acceptors (Lipinski definition) is 5. The van der Waals surface area contributed by atoms with Crippen molar-refractivity contribution in [3.8, 4) is 0 Å². The molecule has 0 saturated carbocycles. The number of alkyl halides is 2. The maximum atomic E-state index is 11.2. The molecule has 0 atom stereocenters. The van der Waals surface area contributed by atoms with E-state index in [0.717, 1.165) is 0 Å². The predicted molar refractivity (Wildman–Crippen MR) is 78.9 cm³/mol. The standard InChI is InChI=1S/C8H17Cl2NO4S2.ClH/c9-1-5-16(12,13)7-3-11-4-8-17(14,15)6-2-10;/h11H,1-8H2;1H. The van der Waals surface area contributed by atoms with Gasteiger partial charge in [-0.1, -0.05) is 0 Å². The Kier molecular flexibility index (Phi) is 12.3. The fraction of sp³-hybridized carbons (Fsp3) is 1.00. The topological polar surface area (TPSA) is 80.3 Å². The largest absolute Gasteiger partial charge is 0.315 e. The van der Waals surface area contributed by atoms with Crippen LogP contribution in [-0.4, -0.2) is 64.7 Å². The third kappa shape index (κ3) is 11.8. The van der Waals surface area contributed by atoms with Crippen LogP contribution in [0.1, 0.15) is 0 Å². The van der Waals surface area contributed by atoms with Crippen LogP contribution in [0.4, 0.5) is 0 Å². The molecule has 0 saturated heterocycles. The first-order chi connectivity index (χ1) is 7.83. The van der Waals surface area contributed by atoms with Gasteiger partial charge in [0.15, 0.2) is 19.7 Å². The third-order valence-electron chi connectivity index (χ3n) is 1.96. The minimum atomic E-state index is -3.12. The smallest absolute Gasteiger partial charge is 0.152 e. The summed E-state index contributed by atoms with van der Waals surface area (Å²) in [4.78, 5) is 0. The van der Waals surface area contributed by atoms with E-state index in [-0.39, 0.29) is 60.3 Å². The van der Waals surface area contributed by atoms with Crippen molar-refractivity contribution >= 4 is 55.3 Å². The fourth-order valence-electron chi connectivity index (χ4n) is 1.02. The molecular formula is C8H18Cl3NO4S2. The summed E-state index contributed by atoms with van der Waals surface area (Å²) < 4.78 is 44.9. The number of halogens is 3. The van der Waals surface area contributed by atoms with Gasteiger partial charge in [-0.2, -0.15) is 0 Å². The highest BCUT2D eigenvalue weighted by Crippen LogP contribution is 1.92. The van der Waals surface area contributed by atoms with Gasteiger partial charge in [0.1, 0.15) is 0 Å². The fourth-order valence-corrected chi connectivity index (χ4v) is 4.22. The van der Waals surface area contributed by atoms with Gasteiger partial charge in [-0.15, -0.1) is 35.6 Å². The summed E-state index contributed by atoms with van der Waals surface area (Å²) in [6.45, 7) is 0.464. The van der Waals surface area contributed by atoms with Gasteiger partial charge >= 0.3 is 0 Å². The van der Waals surface area contributed by atoms with Crippen molar-refractivity contribution in [2.45, 2.75) is 0 Å². The molecule has 0 amide bonds. The SMILES string of the molecule is Cl.O=S(=O)(CCCl)CCNCCS(=O)(=O)CCCl. The van der Waals surface area contributed by atoms with Crippen LogP contribution in [0.15, 0.2) is 0 Å². The average Bonchev–Trinajstić information content (AvgIpc) is 2.16. The highest BCUT2D eigenvalue weighted by Gasteiger charge is 2.11. The number of hydrogen-bond donors (Lipinski definition) is 1. The van der Waals surface area contributed by atoms with Crippen LogP contribution in [0, 0.1) is 0 Å². The van der Waals surface area contributed by atoms with E-state index in [4.69, 9.17) is 23.2 Å². The van der Waals surface area contributed by atoms with Crippen molar-refractivity contribution in [2.75, 3.05) is 47.9 Å². The molecule has 0 radical (unpaired) electrons. The lowest BCUT2D eigenvalue weighted by Crippen LogP contribution is -2.29. The second kappa shape index (κ2) is 10.5. The van der Waals surface area contributed by atoms with E-state index in [1.165, 1.54) is 0 Å². The molecule has 0 aromatic rings. The van der Waals surface area contributed by atoms with Crippen LogP contribution in [0.3, 0.4) is 0 Å². The molecule has 0 aliphatic rings. The van der Waals surface area contributed by atoms with Gasteiger partial charge in [-0.05, 0) is 0 Å². The van der Waals surface area contributed by atoms with Gasteiger partial charge in [0.05, 0.1) is 23.0 Å². The second-order valence-corrected chi connectivity index (χ2v) is 8.79. The zero-order chi connectivity index (χ0) is 13.4. The second-order valence-electron chi connectivity index (χ2n) is 3.43. The predicted octanol–water partition coefficient (Wildman–Crippen LogP) is 0.305. The summed E-state index contributed by atoms with van der Waals surface area (Å²) >= 11 is 10.7. The van der Waals surface area contributed by atoms with E-state index in [2.05, 4.69) is 5.32 Å². The van der Waals surface area contributed by atoms with Crippen molar-refractivity contribution in [3.63, 3.8) is 0 Å². The van der Waals surface area contributed by atoms with Crippen molar-refractivity contribution in [1.82, 2.24) is 5.32 Å². The first-order valence-corrected chi connectivity index (χ1v) is 9.77. The average molecular weight is 363 g/mol. The lowest BCUT2D eigenvalue weighted by Gasteiger charge is -2.05. The van der Waals surface area contributed by atoms with Crippen LogP contribution in [0.5, 0.6) is 0 Å². The van der Waals surface area contributed by atoms with Gasteiger partial charge < -0.3 is 5.32 Å². The lowest BCUT2D eigenvalue weighted by atomic mass is 10.7. The van der Waals surface area contributed by atoms with Crippen LogP contribution in [0.2, 0.25) is 0 Å². The molecule has 18 heavy (non-hydrogen) atoms. The van der Waals surface area contributed by atoms with Gasteiger partial charge in [-0.3, -0.25) is 0 Å². The van der Waals surface area contributed by atoms with Gasteiger partial charge in [0.25, 0.3) is 0 Å². The van der Waals surface area contributed by atoms with E-state index in [1.54, 1.807) is 0 Å². The molecule has 0 unspecified atom stereocenters. The van der Waals surface area contributed by atoms with E-state index < -0.39 is 19.7 Å². The molecule has 0 bridgehead atoms. The molecule has 5 nitrogen and oxygen atoms in total. The van der Waals surface area contributed by atoms with E-state index in [9.17, 15) is 16.8 Å². The maximum absolute atomic E-state index is 11.2. The van der Waals surface area contributed by atoms with E-state index >= 15 is 0 Å². The first kappa shape index (κ1) is 21.0. The Morgan fingerprint density at radius 1 is 0.722 bits per heavy atom. The normalized spacial score (nSPS) is 12.1. The summed E-state index contributed by atoms with van der Waals surface area (Å²) in [6.07, 6.45) is 0. The first-order valence-electron chi connectivity index (χ1n) is 5.06. The Morgan fingerprint density at radius 3 is 1.33 bits per heavy atom. The molecule has 0 aromatic carbocycles. The summed E-state index contributed by atoms with van der Waals surface area (Å²) in [5, 5.41) is 2.77. The van der Waals surface area contributed by atoms with Crippen LogP contribution >= 0.6 is 35.6 Å². The molecule has 0 fully saturated rings.